The second-order valence-electron chi connectivity index (χ2n) is 21.8. The average molecular weight is 1080 g/mol. The molecule has 438 valence electrons. The second-order valence-corrected chi connectivity index (χ2v) is 23.3. The molecule has 2 N–H and O–H groups in total. The lowest BCUT2D eigenvalue weighted by molar-refractivity contribution is -0.870. The zero-order valence-electron chi connectivity index (χ0n) is 50.0. The van der Waals surface area contributed by atoms with Crippen LogP contribution in [0, 0.1) is 0 Å². The Bertz CT molecular complexity index is 1620. The number of nitrogens with zero attached hydrogens (tertiary/aromatic N) is 1. The van der Waals surface area contributed by atoms with E-state index < -0.39 is 20.0 Å². The number of phosphoric acid groups is 1. The normalized spacial score (nSPS) is 14.4. The lowest BCUT2D eigenvalue weighted by Crippen LogP contribution is -2.47. The van der Waals surface area contributed by atoms with E-state index in [1.54, 1.807) is 0 Å². The van der Waals surface area contributed by atoms with Crippen molar-refractivity contribution in [3.8, 4) is 0 Å². The first-order chi connectivity index (χ1) is 36.9. The van der Waals surface area contributed by atoms with Crippen molar-refractivity contribution in [2.24, 2.45) is 0 Å². The Morgan fingerprint density at radius 1 is 0.474 bits per heavy atom. The van der Waals surface area contributed by atoms with Gasteiger partial charge in [-0.2, -0.15) is 0 Å². The quantitative estimate of drug-likeness (QED) is 0.0205. The number of rotatable bonds is 55. The Balaban J connectivity index is 5.35. The van der Waals surface area contributed by atoms with E-state index in [1.807, 2.05) is 33.3 Å². The number of esters is 1. The highest BCUT2D eigenvalue weighted by Gasteiger charge is 2.30. The highest BCUT2D eigenvalue weighted by atomic mass is 31.2. The van der Waals surface area contributed by atoms with Crippen LogP contribution in [0.15, 0.2) is 97.2 Å². The molecule has 10 heteroatoms. The highest BCUT2D eigenvalue weighted by Crippen LogP contribution is 2.43. The first-order valence-corrected chi connectivity index (χ1v) is 32.6. The van der Waals surface area contributed by atoms with Crippen LogP contribution in [0.4, 0.5) is 0 Å². The summed E-state index contributed by atoms with van der Waals surface area (Å²) in [6, 6.07) is -0.869. The Kier molecular flexibility index (Phi) is 53.0. The number of ether oxygens (including phenoxy) is 1. The molecule has 0 saturated carbocycles. The predicted molar refractivity (Wildman–Crippen MR) is 327 cm³/mol. The third kappa shape index (κ3) is 55.7. The summed E-state index contributed by atoms with van der Waals surface area (Å²) in [7, 11) is 1.46. The smallest absolute Gasteiger partial charge is 0.456 e. The van der Waals surface area contributed by atoms with Crippen LogP contribution in [0.25, 0.3) is 0 Å². The summed E-state index contributed by atoms with van der Waals surface area (Å²) < 4.78 is 30.7. The highest BCUT2D eigenvalue weighted by molar-refractivity contribution is 7.47. The van der Waals surface area contributed by atoms with Crippen molar-refractivity contribution in [2.45, 2.75) is 270 Å². The van der Waals surface area contributed by atoms with E-state index in [0.29, 0.717) is 23.9 Å². The Morgan fingerprint density at radius 2 is 0.842 bits per heavy atom. The van der Waals surface area contributed by atoms with Crippen molar-refractivity contribution in [1.82, 2.24) is 5.32 Å². The van der Waals surface area contributed by atoms with Gasteiger partial charge in [-0.25, -0.2) is 4.57 Å². The van der Waals surface area contributed by atoms with Crippen molar-refractivity contribution in [1.29, 1.82) is 0 Å². The van der Waals surface area contributed by atoms with Crippen LogP contribution in [0.5, 0.6) is 0 Å². The van der Waals surface area contributed by atoms with Crippen molar-refractivity contribution in [2.75, 3.05) is 40.9 Å². The van der Waals surface area contributed by atoms with Gasteiger partial charge in [-0.3, -0.25) is 18.6 Å². The molecule has 0 spiro atoms. The Morgan fingerprint density at radius 3 is 1.29 bits per heavy atom. The molecule has 9 nitrogen and oxygen atoms in total. The molecule has 3 unspecified atom stereocenters. The molecule has 76 heavy (non-hydrogen) atoms. The topological polar surface area (TPSA) is 111 Å². The van der Waals surface area contributed by atoms with Gasteiger partial charge in [0.1, 0.15) is 19.3 Å². The minimum absolute atomic E-state index is 0.0296. The third-order valence-electron chi connectivity index (χ3n) is 13.3. The first-order valence-electron chi connectivity index (χ1n) is 31.1. The maximum atomic E-state index is 13.5. The van der Waals surface area contributed by atoms with Gasteiger partial charge in [-0.1, -0.05) is 234 Å². The summed E-state index contributed by atoms with van der Waals surface area (Å²) in [4.78, 5) is 37.7. The van der Waals surface area contributed by atoms with Gasteiger partial charge in [0.15, 0.2) is 0 Å². The fourth-order valence-corrected chi connectivity index (χ4v) is 9.20. The zero-order chi connectivity index (χ0) is 55.7. The average Bonchev–Trinajstić information content (AvgIpc) is 3.38. The number of amides is 1. The van der Waals surface area contributed by atoms with Crippen molar-refractivity contribution >= 4 is 19.7 Å². The summed E-state index contributed by atoms with van der Waals surface area (Å²) in [6.45, 7) is 6.85. The molecule has 0 saturated heterocycles. The minimum Gasteiger partial charge on any atom is -0.456 e. The fourth-order valence-electron chi connectivity index (χ4n) is 8.47. The van der Waals surface area contributed by atoms with Crippen LogP contribution < -0.4 is 5.32 Å². The number of carbonyl (C=O) groups is 2. The number of hydrogen-bond donors (Lipinski definition) is 2. The van der Waals surface area contributed by atoms with Gasteiger partial charge in [0, 0.05) is 12.8 Å². The van der Waals surface area contributed by atoms with E-state index in [1.165, 1.54) is 83.5 Å². The Labute approximate surface area is 468 Å². The molecule has 0 heterocycles. The third-order valence-corrected chi connectivity index (χ3v) is 14.2. The molecular weight excluding hydrogens is 964 g/mol. The summed E-state index contributed by atoms with van der Waals surface area (Å²) in [5.74, 6) is -0.544. The summed E-state index contributed by atoms with van der Waals surface area (Å²) >= 11 is 0. The van der Waals surface area contributed by atoms with E-state index in [2.05, 4.69) is 111 Å². The lowest BCUT2D eigenvalue weighted by atomic mass is 10.0. The van der Waals surface area contributed by atoms with Gasteiger partial charge < -0.3 is 19.4 Å². The monoisotopic (exact) mass is 1080 g/mol. The van der Waals surface area contributed by atoms with Crippen molar-refractivity contribution in [3.63, 3.8) is 0 Å². The van der Waals surface area contributed by atoms with Crippen LogP contribution in [-0.2, 0) is 27.9 Å². The molecule has 0 aromatic carbocycles. The molecule has 0 rings (SSSR count). The zero-order valence-corrected chi connectivity index (χ0v) is 50.9. The molecule has 0 bridgehead atoms. The lowest BCUT2D eigenvalue weighted by Gasteiger charge is -2.27. The van der Waals surface area contributed by atoms with E-state index in [0.717, 1.165) is 135 Å². The van der Waals surface area contributed by atoms with Gasteiger partial charge in [0.05, 0.1) is 33.8 Å². The second kappa shape index (κ2) is 55.3. The minimum atomic E-state index is -4.46. The standard InChI is InChI=1S/C66H117N2O7P/c1-7-10-13-16-19-22-25-28-30-32-33-34-35-36-38-41-44-47-50-53-56-59-66(70)75-64(57-54-51-48-45-42-39-27-24-21-18-15-12-9-3)63(62-74-76(71,72)73-61-60-68(4,5)6)67-65(69)58-55-52-49-46-43-40-37-31-29-26-23-20-17-14-11-8-2/h11,14,19-20,22-23,28-31,33-34,36,38,54,57,63-64H,7-10,12-13,15-18,21,24-27,32,35,37,39-53,55-56,58-62H2,1-6H3,(H-,67,69,71,72)/p+1/b14-11+,22-19-,23-20+,30-28-,31-29+,34-33-,38-36-,57-54+. The van der Waals surface area contributed by atoms with Gasteiger partial charge in [-0.05, 0) is 109 Å². The summed E-state index contributed by atoms with van der Waals surface area (Å²) in [6.07, 6.45) is 74.0. The van der Waals surface area contributed by atoms with Crippen molar-refractivity contribution < 1.29 is 37.3 Å². The number of allylic oxidation sites excluding steroid dienone is 15. The van der Waals surface area contributed by atoms with Crippen LogP contribution >= 0.6 is 7.82 Å². The largest absolute Gasteiger partial charge is 0.472 e. The van der Waals surface area contributed by atoms with Crippen molar-refractivity contribution in [3.05, 3.63) is 97.2 Å². The first kappa shape index (κ1) is 72.9. The number of carbonyl (C=O) groups excluding carboxylic acids is 2. The maximum Gasteiger partial charge on any atom is 0.472 e. The molecule has 0 radical (unpaired) electrons. The molecule has 0 aliphatic heterocycles. The van der Waals surface area contributed by atoms with Crippen LogP contribution in [0.3, 0.4) is 0 Å². The van der Waals surface area contributed by atoms with Crippen LogP contribution in [0.2, 0.25) is 0 Å². The molecule has 0 aromatic rings. The maximum absolute atomic E-state index is 13.5. The van der Waals surface area contributed by atoms with E-state index in [9.17, 15) is 19.0 Å². The molecule has 1 amide bonds. The van der Waals surface area contributed by atoms with E-state index >= 15 is 0 Å². The molecule has 0 aromatic heterocycles. The predicted octanol–water partition coefficient (Wildman–Crippen LogP) is 19.2. The number of quaternary nitrogens is 1. The SMILES string of the molecule is CC/C=C/C/C=C/C/C=C/CCCCCCCCC(=O)NC(COP(=O)(O)OCC[N+](C)(C)C)C(/C=C/CCCCCCCCCCCCC)OC(=O)CCCCCCC/C=C\C/C=C\C/C=C\C/C=C\CCCCC. The molecular formula is C66H118N2O7P+. The number of likely N-dealkylation sites (N-methyl/N-ethyl adjacent to an activating group) is 1. The summed E-state index contributed by atoms with van der Waals surface area (Å²) in [5.41, 5.74) is 0. The molecule has 0 aliphatic rings. The van der Waals surface area contributed by atoms with Gasteiger partial charge in [0.2, 0.25) is 5.91 Å². The van der Waals surface area contributed by atoms with Gasteiger partial charge in [-0.15, -0.1) is 0 Å². The molecule has 0 fully saturated rings. The van der Waals surface area contributed by atoms with E-state index in [4.69, 9.17) is 13.8 Å². The fraction of sp³-hybridized carbons (Fsp3) is 0.727. The number of nitrogens with one attached hydrogen (secondary N) is 1. The van der Waals surface area contributed by atoms with Crippen LogP contribution in [-0.4, -0.2) is 74.3 Å². The van der Waals surface area contributed by atoms with Gasteiger partial charge in [0.25, 0.3) is 0 Å². The molecule has 3 atom stereocenters. The van der Waals surface area contributed by atoms with Crippen LogP contribution in [0.1, 0.15) is 258 Å². The van der Waals surface area contributed by atoms with Gasteiger partial charge >= 0.3 is 13.8 Å². The summed E-state index contributed by atoms with van der Waals surface area (Å²) in [5, 5.41) is 3.04. The van der Waals surface area contributed by atoms with E-state index in [-0.39, 0.29) is 31.5 Å². The number of unbranched alkanes of at least 4 members (excludes halogenated alkanes) is 25. The number of phosphoric ester groups is 1. The molecule has 0 aliphatic carbocycles. The Hall–Kier alpha value is -3.07. The number of hydrogen-bond acceptors (Lipinski definition) is 6.